The predicted molar refractivity (Wildman–Crippen MR) is 126 cm³/mol. The van der Waals surface area contributed by atoms with Crippen LogP contribution < -0.4 is 20.1 Å². The van der Waals surface area contributed by atoms with Crippen LogP contribution in [0.4, 0.5) is 0 Å². The van der Waals surface area contributed by atoms with Gasteiger partial charge in [0, 0.05) is 39.1 Å². The maximum atomic E-state index is 12.1. The Balaban J connectivity index is 0.00000420. The number of aryl methyl sites for hydroxylation is 1. The molecule has 1 aromatic heterocycles. The van der Waals surface area contributed by atoms with E-state index in [9.17, 15) is 8.42 Å². The lowest BCUT2D eigenvalue weighted by Crippen LogP contribution is -2.42. The summed E-state index contributed by atoms with van der Waals surface area (Å²) in [4.78, 5) is 8.11. The molecule has 8 nitrogen and oxygen atoms in total. The molecule has 1 heterocycles. The standard InChI is InChI=1S/C19H27N5O3S.HI/c1-15-6-7-16(13-18(15)27-3)8-10-22-19(20-2)23-11-12-24-28(25,26)17-5-4-9-21-14-17;/h4-7,9,13-14,24H,8,10-12H2,1-3H3,(H2,20,22,23);1H. The van der Waals surface area contributed by atoms with Crippen molar-refractivity contribution in [2.45, 2.75) is 18.2 Å². The zero-order chi connectivity index (χ0) is 20.4. The fraction of sp³-hybridized carbons (Fsp3) is 0.368. The minimum atomic E-state index is -3.55. The summed E-state index contributed by atoms with van der Waals surface area (Å²) in [5, 5.41) is 6.29. The third-order valence-corrected chi connectivity index (χ3v) is 5.50. The molecule has 0 aliphatic rings. The maximum Gasteiger partial charge on any atom is 0.242 e. The first-order chi connectivity index (χ1) is 13.5. The summed E-state index contributed by atoms with van der Waals surface area (Å²) in [5.41, 5.74) is 2.26. The van der Waals surface area contributed by atoms with Crippen molar-refractivity contribution in [1.82, 2.24) is 20.3 Å². The lowest BCUT2D eigenvalue weighted by Gasteiger charge is -2.13. The normalized spacial score (nSPS) is 11.5. The van der Waals surface area contributed by atoms with Gasteiger partial charge in [-0.3, -0.25) is 9.98 Å². The van der Waals surface area contributed by atoms with E-state index in [2.05, 4.69) is 31.4 Å². The first-order valence-electron chi connectivity index (χ1n) is 8.94. The Kier molecular flexibility index (Phi) is 10.9. The number of sulfonamides is 1. The number of guanidine groups is 1. The second-order valence-corrected chi connectivity index (χ2v) is 7.83. The van der Waals surface area contributed by atoms with Crippen LogP contribution in [-0.2, 0) is 16.4 Å². The monoisotopic (exact) mass is 533 g/mol. The van der Waals surface area contributed by atoms with Crippen molar-refractivity contribution in [3.05, 3.63) is 53.9 Å². The molecule has 10 heteroatoms. The molecule has 160 valence electrons. The van der Waals surface area contributed by atoms with Crippen LogP contribution in [0.2, 0.25) is 0 Å². The number of methoxy groups -OCH3 is 1. The first kappa shape index (κ1) is 25.1. The molecular formula is C19H28IN5O3S. The molecule has 0 spiro atoms. The number of nitrogens with one attached hydrogen (secondary N) is 3. The van der Waals surface area contributed by atoms with Gasteiger partial charge in [-0.15, -0.1) is 24.0 Å². The highest BCUT2D eigenvalue weighted by Crippen LogP contribution is 2.18. The topological polar surface area (TPSA) is 105 Å². The SMILES string of the molecule is CN=C(NCCNS(=O)(=O)c1cccnc1)NCCc1ccc(C)c(OC)c1.I. The van der Waals surface area contributed by atoms with Gasteiger partial charge in [0.25, 0.3) is 0 Å². The number of aliphatic imine (C=N–C) groups is 1. The summed E-state index contributed by atoms with van der Waals surface area (Å²) in [6, 6.07) is 9.23. The number of hydrogen-bond acceptors (Lipinski definition) is 5. The molecule has 2 aromatic rings. The number of nitrogens with zero attached hydrogens (tertiary/aromatic N) is 2. The fourth-order valence-electron chi connectivity index (χ4n) is 2.52. The Morgan fingerprint density at radius 3 is 2.59 bits per heavy atom. The summed E-state index contributed by atoms with van der Waals surface area (Å²) in [6.45, 7) is 3.33. The number of pyridine rings is 1. The van der Waals surface area contributed by atoms with Gasteiger partial charge in [-0.25, -0.2) is 13.1 Å². The molecule has 0 aliphatic carbocycles. The Labute approximate surface area is 189 Å². The smallest absolute Gasteiger partial charge is 0.242 e. The number of benzene rings is 1. The van der Waals surface area contributed by atoms with Gasteiger partial charge in [0.2, 0.25) is 10.0 Å². The van der Waals surface area contributed by atoms with Crippen LogP contribution in [0.1, 0.15) is 11.1 Å². The lowest BCUT2D eigenvalue weighted by atomic mass is 10.1. The molecule has 0 bridgehead atoms. The second-order valence-electron chi connectivity index (χ2n) is 6.07. The molecule has 29 heavy (non-hydrogen) atoms. The predicted octanol–water partition coefficient (Wildman–Crippen LogP) is 1.70. The summed E-state index contributed by atoms with van der Waals surface area (Å²) in [6.07, 6.45) is 3.66. The van der Waals surface area contributed by atoms with E-state index >= 15 is 0 Å². The van der Waals surface area contributed by atoms with E-state index in [1.807, 2.05) is 19.1 Å². The minimum Gasteiger partial charge on any atom is -0.496 e. The van der Waals surface area contributed by atoms with E-state index in [1.165, 1.54) is 18.5 Å². The van der Waals surface area contributed by atoms with E-state index < -0.39 is 10.0 Å². The average Bonchev–Trinajstić information content (AvgIpc) is 2.71. The van der Waals surface area contributed by atoms with Gasteiger partial charge in [0.15, 0.2) is 5.96 Å². The molecule has 0 amide bonds. The first-order valence-corrected chi connectivity index (χ1v) is 10.4. The molecule has 0 fully saturated rings. The zero-order valence-electron chi connectivity index (χ0n) is 16.8. The molecule has 1 aromatic carbocycles. The number of ether oxygens (including phenoxy) is 1. The van der Waals surface area contributed by atoms with Crippen LogP contribution in [-0.4, -0.2) is 53.2 Å². The van der Waals surface area contributed by atoms with Gasteiger partial charge >= 0.3 is 0 Å². The van der Waals surface area contributed by atoms with Gasteiger partial charge in [-0.1, -0.05) is 12.1 Å². The summed E-state index contributed by atoms with van der Waals surface area (Å²) in [7, 11) is -0.217. The van der Waals surface area contributed by atoms with Crippen LogP contribution in [0, 0.1) is 6.92 Å². The molecule has 2 rings (SSSR count). The van der Waals surface area contributed by atoms with Crippen molar-refractivity contribution in [2.24, 2.45) is 4.99 Å². The highest BCUT2D eigenvalue weighted by Gasteiger charge is 2.12. The van der Waals surface area contributed by atoms with E-state index in [-0.39, 0.29) is 35.4 Å². The number of halogens is 1. The quantitative estimate of drug-likeness (QED) is 0.196. The van der Waals surface area contributed by atoms with Crippen molar-refractivity contribution in [1.29, 1.82) is 0 Å². The number of hydrogen-bond donors (Lipinski definition) is 3. The Morgan fingerprint density at radius 2 is 1.93 bits per heavy atom. The highest BCUT2D eigenvalue weighted by molar-refractivity contribution is 14.0. The van der Waals surface area contributed by atoms with Crippen LogP contribution in [0.5, 0.6) is 5.75 Å². The molecule has 0 atom stereocenters. The van der Waals surface area contributed by atoms with Crippen molar-refractivity contribution < 1.29 is 13.2 Å². The van der Waals surface area contributed by atoms with E-state index in [0.29, 0.717) is 19.0 Å². The molecule has 0 saturated heterocycles. The minimum absolute atomic E-state index is 0. The number of aromatic nitrogens is 1. The van der Waals surface area contributed by atoms with Crippen molar-refractivity contribution in [2.75, 3.05) is 33.8 Å². The second kappa shape index (κ2) is 12.6. The van der Waals surface area contributed by atoms with Gasteiger partial charge in [-0.2, -0.15) is 0 Å². The molecule has 3 N–H and O–H groups in total. The zero-order valence-corrected chi connectivity index (χ0v) is 20.0. The third-order valence-electron chi connectivity index (χ3n) is 4.06. The van der Waals surface area contributed by atoms with Gasteiger partial charge in [0.1, 0.15) is 10.6 Å². The van der Waals surface area contributed by atoms with Crippen LogP contribution in [0.3, 0.4) is 0 Å². The Bertz CT molecular complexity index is 892. The van der Waals surface area contributed by atoms with E-state index in [1.54, 1.807) is 20.2 Å². The molecule has 0 aliphatic heterocycles. The third kappa shape index (κ3) is 8.15. The maximum absolute atomic E-state index is 12.1. The Hall–Kier alpha value is -1.92. The largest absolute Gasteiger partial charge is 0.496 e. The summed E-state index contributed by atoms with van der Waals surface area (Å²) >= 11 is 0. The van der Waals surface area contributed by atoms with Crippen molar-refractivity contribution in [3.8, 4) is 5.75 Å². The molecule has 0 radical (unpaired) electrons. The Morgan fingerprint density at radius 1 is 1.17 bits per heavy atom. The van der Waals surface area contributed by atoms with Crippen LogP contribution in [0.25, 0.3) is 0 Å². The fourth-order valence-corrected chi connectivity index (χ4v) is 3.52. The van der Waals surface area contributed by atoms with E-state index in [4.69, 9.17) is 4.74 Å². The summed E-state index contributed by atoms with van der Waals surface area (Å²) < 4.78 is 32.1. The molecule has 0 saturated carbocycles. The van der Waals surface area contributed by atoms with Crippen molar-refractivity contribution in [3.63, 3.8) is 0 Å². The average molecular weight is 533 g/mol. The van der Waals surface area contributed by atoms with Crippen LogP contribution >= 0.6 is 24.0 Å². The van der Waals surface area contributed by atoms with Crippen molar-refractivity contribution >= 4 is 40.0 Å². The summed E-state index contributed by atoms with van der Waals surface area (Å²) in [5.74, 6) is 1.49. The molecule has 0 unspecified atom stereocenters. The van der Waals surface area contributed by atoms with Crippen LogP contribution in [0.15, 0.2) is 52.6 Å². The number of rotatable bonds is 9. The lowest BCUT2D eigenvalue weighted by molar-refractivity contribution is 0.411. The highest BCUT2D eigenvalue weighted by atomic mass is 127. The van der Waals surface area contributed by atoms with E-state index in [0.717, 1.165) is 23.3 Å². The molecular weight excluding hydrogens is 505 g/mol. The van der Waals surface area contributed by atoms with Gasteiger partial charge in [0.05, 0.1) is 7.11 Å². The van der Waals surface area contributed by atoms with Gasteiger partial charge < -0.3 is 15.4 Å². The van der Waals surface area contributed by atoms with Gasteiger partial charge in [-0.05, 0) is 42.7 Å².